The average molecular weight is 475 g/mol. The summed E-state index contributed by atoms with van der Waals surface area (Å²) in [6.45, 7) is 6.41. The van der Waals surface area contributed by atoms with Gasteiger partial charge < -0.3 is 20.1 Å². The molecule has 0 aromatic heterocycles. The van der Waals surface area contributed by atoms with Gasteiger partial charge in [-0.2, -0.15) is 0 Å². The van der Waals surface area contributed by atoms with E-state index in [9.17, 15) is 0 Å². The van der Waals surface area contributed by atoms with Crippen LogP contribution in [0.4, 0.5) is 0 Å². The summed E-state index contributed by atoms with van der Waals surface area (Å²) in [6.07, 6.45) is 4.57. The van der Waals surface area contributed by atoms with Crippen molar-refractivity contribution >= 4 is 29.9 Å². The summed E-state index contributed by atoms with van der Waals surface area (Å²) < 4.78 is 11.5. The highest BCUT2D eigenvalue weighted by atomic mass is 127. The molecular weight excluding hydrogens is 441 g/mol. The molecule has 1 aliphatic heterocycles. The highest BCUT2D eigenvalue weighted by Crippen LogP contribution is 2.33. The maximum atomic E-state index is 5.95. The number of nitrogens with zero attached hydrogens (tertiary/aromatic N) is 1. The molecule has 1 saturated heterocycles. The van der Waals surface area contributed by atoms with E-state index in [-0.39, 0.29) is 30.1 Å². The lowest BCUT2D eigenvalue weighted by Gasteiger charge is -2.20. The third-order valence-electron chi connectivity index (χ3n) is 4.50. The molecule has 5 nitrogen and oxygen atoms in total. The third kappa shape index (κ3) is 8.22. The molecule has 26 heavy (non-hydrogen) atoms. The molecule has 1 heterocycles. The predicted octanol–water partition coefficient (Wildman–Crippen LogP) is 3.75. The third-order valence-corrected chi connectivity index (χ3v) is 4.50. The Morgan fingerprint density at radius 3 is 2.69 bits per heavy atom. The van der Waals surface area contributed by atoms with Gasteiger partial charge in [0.15, 0.2) is 5.96 Å². The van der Waals surface area contributed by atoms with E-state index in [0.29, 0.717) is 5.92 Å². The number of nitrogens with one attached hydrogen (secondary N) is 2. The first kappa shape index (κ1) is 23.2. The van der Waals surface area contributed by atoms with E-state index in [4.69, 9.17) is 9.47 Å². The summed E-state index contributed by atoms with van der Waals surface area (Å²) in [5.41, 5.74) is 1.26. The molecule has 148 valence electrons. The zero-order valence-corrected chi connectivity index (χ0v) is 18.4. The van der Waals surface area contributed by atoms with Gasteiger partial charge in [0, 0.05) is 45.9 Å². The van der Waals surface area contributed by atoms with Crippen molar-refractivity contribution in [1.82, 2.24) is 10.6 Å². The molecule has 2 N–H and O–H groups in total. The van der Waals surface area contributed by atoms with Gasteiger partial charge >= 0.3 is 0 Å². The highest BCUT2D eigenvalue weighted by molar-refractivity contribution is 14.0. The second kappa shape index (κ2) is 14.2. The number of hydrogen-bond acceptors (Lipinski definition) is 3. The number of guanidine groups is 1. The van der Waals surface area contributed by atoms with Gasteiger partial charge in [0.1, 0.15) is 0 Å². The summed E-state index contributed by atoms with van der Waals surface area (Å²) in [5, 5.41) is 6.80. The number of aliphatic imine (C=N–C) groups is 1. The van der Waals surface area contributed by atoms with Gasteiger partial charge in [-0.25, -0.2) is 0 Å². The van der Waals surface area contributed by atoms with Gasteiger partial charge in [-0.05, 0) is 24.8 Å². The van der Waals surface area contributed by atoms with Crippen LogP contribution < -0.4 is 10.6 Å². The molecule has 0 bridgehead atoms. The number of halogens is 1. The van der Waals surface area contributed by atoms with Crippen molar-refractivity contribution in [3.05, 3.63) is 35.9 Å². The van der Waals surface area contributed by atoms with Crippen LogP contribution in [0.15, 0.2) is 35.3 Å². The first-order valence-electron chi connectivity index (χ1n) is 9.54. The Kier molecular flexibility index (Phi) is 12.7. The van der Waals surface area contributed by atoms with Gasteiger partial charge in [-0.15, -0.1) is 24.0 Å². The van der Waals surface area contributed by atoms with Crippen molar-refractivity contribution in [3.8, 4) is 0 Å². The maximum absolute atomic E-state index is 5.95. The minimum Gasteiger partial charge on any atom is -0.381 e. The standard InChI is InChI=1S/C20H33N3O2.HI/c1-3-4-13-24-14-8-12-22-20(21-2)23-16-18-11-15-25-19(18)17-9-6-5-7-10-17;/h5-7,9-10,18-19H,3-4,8,11-16H2,1-2H3,(H2,21,22,23);1H. The second-order valence-corrected chi connectivity index (χ2v) is 6.45. The topological polar surface area (TPSA) is 54.9 Å². The Bertz CT molecular complexity index is 499. The lowest BCUT2D eigenvalue weighted by molar-refractivity contribution is 0.0915. The molecule has 2 unspecified atom stereocenters. The van der Waals surface area contributed by atoms with Crippen LogP contribution in [0.25, 0.3) is 0 Å². The van der Waals surface area contributed by atoms with E-state index in [2.05, 4.69) is 46.8 Å². The van der Waals surface area contributed by atoms with Crippen LogP contribution in [-0.2, 0) is 9.47 Å². The zero-order valence-electron chi connectivity index (χ0n) is 16.1. The van der Waals surface area contributed by atoms with Crippen LogP contribution in [-0.4, -0.2) is 45.9 Å². The number of benzene rings is 1. The van der Waals surface area contributed by atoms with Crippen molar-refractivity contribution in [2.75, 3.05) is 40.0 Å². The van der Waals surface area contributed by atoms with Gasteiger partial charge in [0.25, 0.3) is 0 Å². The largest absolute Gasteiger partial charge is 0.381 e. The van der Waals surface area contributed by atoms with Crippen molar-refractivity contribution < 1.29 is 9.47 Å². The molecule has 1 aliphatic rings. The van der Waals surface area contributed by atoms with Gasteiger partial charge in [-0.3, -0.25) is 4.99 Å². The van der Waals surface area contributed by atoms with Gasteiger partial charge in [0.05, 0.1) is 6.10 Å². The van der Waals surface area contributed by atoms with Crippen LogP contribution in [0, 0.1) is 5.92 Å². The Balaban J connectivity index is 0.00000338. The summed E-state index contributed by atoms with van der Waals surface area (Å²) in [5.74, 6) is 1.32. The van der Waals surface area contributed by atoms with Crippen LogP contribution in [0.5, 0.6) is 0 Å². The summed E-state index contributed by atoms with van der Waals surface area (Å²) in [6, 6.07) is 10.5. The SMILES string of the molecule is CCCCOCCCNC(=NC)NCC1CCOC1c1ccccc1.I. The fourth-order valence-electron chi connectivity index (χ4n) is 3.03. The molecule has 6 heteroatoms. The van der Waals surface area contributed by atoms with Crippen molar-refractivity contribution in [3.63, 3.8) is 0 Å². The number of unbranched alkanes of at least 4 members (excludes halogenated alkanes) is 1. The molecule has 0 spiro atoms. The molecule has 0 aliphatic carbocycles. The lowest BCUT2D eigenvalue weighted by Crippen LogP contribution is -2.40. The smallest absolute Gasteiger partial charge is 0.190 e. The molecule has 1 aromatic carbocycles. The van der Waals surface area contributed by atoms with Crippen molar-refractivity contribution in [1.29, 1.82) is 0 Å². The number of rotatable bonds is 10. The molecule has 0 radical (unpaired) electrons. The van der Waals surface area contributed by atoms with E-state index in [1.807, 2.05) is 13.1 Å². The molecule has 1 fully saturated rings. The van der Waals surface area contributed by atoms with E-state index < -0.39 is 0 Å². The van der Waals surface area contributed by atoms with Crippen LogP contribution in [0.3, 0.4) is 0 Å². The number of ether oxygens (including phenoxy) is 2. The maximum Gasteiger partial charge on any atom is 0.190 e. The minimum atomic E-state index is 0. The number of hydrogen-bond donors (Lipinski definition) is 2. The van der Waals surface area contributed by atoms with Crippen LogP contribution in [0.2, 0.25) is 0 Å². The molecule has 2 atom stereocenters. The van der Waals surface area contributed by atoms with E-state index >= 15 is 0 Å². The first-order chi connectivity index (χ1) is 12.3. The van der Waals surface area contributed by atoms with Crippen molar-refractivity contribution in [2.45, 2.75) is 38.7 Å². The lowest BCUT2D eigenvalue weighted by atomic mass is 9.95. The van der Waals surface area contributed by atoms with E-state index in [1.165, 1.54) is 12.0 Å². The van der Waals surface area contributed by atoms with Crippen LogP contribution >= 0.6 is 24.0 Å². The summed E-state index contributed by atoms with van der Waals surface area (Å²) in [7, 11) is 1.81. The Labute approximate surface area is 175 Å². The molecule has 0 saturated carbocycles. The zero-order chi connectivity index (χ0) is 17.7. The monoisotopic (exact) mass is 475 g/mol. The van der Waals surface area contributed by atoms with E-state index in [0.717, 1.165) is 58.1 Å². The fraction of sp³-hybridized carbons (Fsp3) is 0.650. The van der Waals surface area contributed by atoms with E-state index in [1.54, 1.807) is 0 Å². The quantitative estimate of drug-likeness (QED) is 0.234. The fourth-order valence-corrected chi connectivity index (χ4v) is 3.03. The van der Waals surface area contributed by atoms with Crippen molar-refractivity contribution in [2.24, 2.45) is 10.9 Å². The van der Waals surface area contributed by atoms with Gasteiger partial charge in [0.2, 0.25) is 0 Å². The molecule has 1 aromatic rings. The average Bonchev–Trinajstić information content (AvgIpc) is 3.13. The Hall–Kier alpha value is -0.860. The second-order valence-electron chi connectivity index (χ2n) is 6.45. The Morgan fingerprint density at radius 1 is 1.19 bits per heavy atom. The molecule has 2 rings (SSSR count). The minimum absolute atomic E-state index is 0. The molecular formula is C20H34IN3O2. The predicted molar refractivity (Wildman–Crippen MR) is 118 cm³/mol. The van der Waals surface area contributed by atoms with Crippen LogP contribution in [0.1, 0.15) is 44.3 Å². The first-order valence-corrected chi connectivity index (χ1v) is 9.54. The normalized spacial score (nSPS) is 19.8. The summed E-state index contributed by atoms with van der Waals surface area (Å²) >= 11 is 0. The highest BCUT2D eigenvalue weighted by Gasteiger charge is 2.29. The molecule has 0 amide bonds. The summed E-state index contributed by atoms with van der Waals surface area (Å²) in [4.78, 5) is 4.31. The van der Waals surface area contributed by atoms with Gasteiger partial charge in [-0.1, -0.05) is 43.7 Å². The Morgan fingerprint density at radius 2 is 1.96 bits per heavy atom.